The topological polar surface area (TPSA) is 96.9 Å². The van der Waals surface area contributed by atoms with Crippen molar-refractivity contribution in [3.05, 3.63) is 76.6 Å². The summed E-state index contributed by atoms with van der Waals surface area (Å²) in [4.78, 5) is 37.9. The van der Waals surface area contributed by atoms with E-state index in [1.807, 2.05) is 6.92 Å². The monoisotopic (exact) mass is 517 g/mol. The zero-order chi connectivity index (χ0) is 25.9. The number of aryl methyl sites for hydroxylation is 1. The van der Waals surface area contributed by atoms with Crippen LogP contribution in [0.4, 0.5) is 24.5 Å². The Kier molecular flexibility index (Phi) is 7.26. The Morgan fingerprint density at radius 1 is 1.06 bits per heavy atom. The number of aromatic nitrogens is 3. The van der Waals surface area contributed by atoms with Gasteiger partial charge in [0.05, 0.1) is 46.4 Å². The molecular weight excluding hydrogens is 495 g/mol. The lowest BCUT2D eigenvalue weighted by Crippen LogP contribution is -2.33. The Balaban J connectivity index is 1.34. The summed E-state index contributed by atoms with van der Waals surface area (Å²) in [7, 11) is 0. The second-order valence-electron chi connectivity index (χ2n) is 8.66. The van der Waals surface area contributed by atoms with Crippen molar-refractivity contribution in [2.75, 3.05) is 5.32 Å². The van der Waals surface area contributed by atoms with E-state index in [-0.39, 0.29) is 35.4 Å². The summed E-state index contributed by atoms with van der Waals surface area (Å²) in [6.45, 7) is 2.04. The van der Waals surface area contributed by atoms with Crippen LogP contribution in [0.25, 0.3) is 0 Å². The number of Topliss-reactive ketones (excluding diaryl/α,β-unsaturated/α-hetero) is 1. The third kappa shape index (κ3) is 5.99. The lowest BCUT2D eigenvalue weighted by molar-refractivity contribution is -0.137. The highest BCUT2D eigenvalue weighted by atomic mass is 35.5. The first-order valence-electron chi connectivity index (χ1n) is 11.3. The number of anilines is 2. The van der Waals surface area contributed by atoms with E-state index in [1.54, 1.807) is 12.1 Å². The van der Waals surface area contributed by atoms with Crippen LogP contribution in [0.2, 0.25) is 5.02 Å². The lowest BCUT2D eigenvalue weighted by Gasteiger charge is -2.16. The number of amides is 1. The maximum absolute atomic E-state index is 13.3. The van der Waals surface area contributed by atoms with Gasteiger partial charge in [-0.05, 0) is 43.2 Å². The normalized spacial score (nSPS) is 14.2. The van der Waals surface area contributed by atoms with E-state index in [4.69, 9.17) is 11.6 Å². The molecule has 0 saturated heterocycles. The third-order valence-corrected chi connectivity index (χ3v) is 6.23. The van der Waals surface area contributed by atoms with E-state index in [2.05, 4.69) is 25.6 Å². The van der Waals surface area contributed by atoms with Gasteiger partial charge in [0, 0.05) is 30.3 Å². The summed E-state index contributed by atoms with van der Waals surface area (Å²) in [5.74, 6) is 0.231. The van der Waals surface area contributed by atoms with Crippen LogP contribution in [0, 0.1) is 5.41 Å². The summed E-state index contributed by atoms with van der Waals surface area (Å²) in [5, 5.41) is 5.49. The largest absolute Gasteiger partial charge is 0.418 e. The number of carbonyl (C=O) groups is 2. The van der Waals surface area contributed by atoms with Crippen molar-refractivity contribution in [2.24, 2.45) is 5.41 Å². The number of alkyl halides is 3. The average Bonchev–Trinajstić information content (AvgIpc) is 3.64. The Morgan fingerprint density at radius 3 is 2.36 bits per heavy atom. The molecular formula is C25H23ClF3N5O2. The first kappa shape index (κ1) is 25.6. The van der Waals surface area contributed by atoms with Gasteiger partial charge in [-0.1, -0.05) is 18.5 Å². The molecule has 4 rings (SSSR count). The number of carbonyl (C=O) groups excluding carboxylic acids is 2. The molecule has 1 aliphatic carbocycles. The van der Waals surface area contributed by atoms with Gasteiger partial charge in [-0.15, -0.1) is 0 Å². The van der Waals surface area contributed by atoms with Gasteiger partial charge < -0.3 is 10.6 Å². The molecule has 0 bridgehead atoms. The van der Waals surface area contributed by atoms with Crippen molar-refractivity contribution in [3.8, 4) is 0 Å². The number of halogens is 4. The highest BCUT2D eigenvalue weighted by molar-refractivity contribution is 6.30. The minimum atomic E-state index is -4.57. The number of nitrogens with one attached hydrogen (secondary N) is 2. The third-order valence-electron chi connectivity index (χ3n) is 6.00. The molecule has 1 saturated carbocycles. The number of benzene rings is 1. The number of nitrogens with zero attached hydrogens (tertiary/aromatic N) is 3. The molecule has 0 atom stereocenters. The fraction of sp³-hybridized carbons (Fsp3) is 0.320. The van der Waals surface area contributed by atoms with Crippen LogP contribution in [0.3, 0.4) is 0 Å². The SMILES string of the molecule is CCc1ncc(C(=O)CC2(C(=O)NCc3ccc(Nc4ccc(Cl)cc4C(F)(F)F)cn3)CC2)cn1. The summed E-state index contributed by atoms with van der Waals surface area (Å²) in [5.41, 5.74) is -0.533. The van der Waals surface area contributed by atoms with Gasteiger partial charge >= 0.3 is 6.18 Å². The van der Waals surface area contributed by atoms with E-state index in [0.717, 1.165) is 6.07 Å². The van der Waals surface area contributed by atoms with Gasteiger partial charge in [-0.25, -0.2) is 9.97 Å². The molecule has 36 heavy (non-hydrogen) atoms. The lowest BCUT2D eigenvalue weighted by atomic mass is 9.95. The Morgan fingerprint density at radius 2 is 1.78 bits per heavy atom. The molecule has 2 aromatic heterocycles. The predicted octanol–water partition coefficient (Wildman–Crippen LogP) is 5.52. The summed E-state index contributed by atoms with van der Waals surface area (Å²) in [6.07, 6.45) is 1.75. The molecule has 188 valence electrons. The van der Waals surface area contributed by atoms with Gasteiger partial charge in [-0.2, -0.15) is 13.2 Å². The molecule has 2 N–H and O–H groups in total. The van der Waals surface area contributed by atoms with Crippen LogP contribution in [0.5, 0.6) is 0 Å². The molecule has 11 heteroatoms. The zero-order valence-electron chi connectivity index (χ0n) is 19.3. The van der Waals surface area contributed by atoms with Crippen LogP contribution in [0.15, 0.2) is 48.9 Å². The van der Waals surface area contributed by atoms with Crippen LogP contribution >= 0.6 is 11.6 Å². The molecule has 1 amide bonds. The number of hydrogen-bond acceptors (Lipinski definition) is 6. The van der Waals surface area contributed by atoms with Gasteiger partial charge in [0.2, 0.25) is 5.91 Å². The predicted molar refractivity (Wildman–Crippen MR) is 128 cm³/mol. The second-order valence-corrected chi connectivity index (χ2v) is 9.09. The van der Waals surface area contributed by atoms with Crippen molar-refractivity contribution >= 4 is 34.7 Å². The van der Waals surface area contributed by atoms with Crippen LogP contribution in [0.1, 0.15) is 53.6 Å². The van der Waals surface area contributed by atoms with Crippen LogP contribution in [-0.2, 0) is 23.9 Å². The first-order valence-corrected chi connectivity index (χ1v) is 11.7. The van der Waals surface area contributed by atoms with E-state index in [9.17, 15) is 22.8 Å². The fourth-order valence-electron chi connectivity index (χ4n) is 3.70. The maximum atomic E-state index is 13.3. The van der Waals surface area contributed by atoms with Gasteiger partial charge in [0.15, 0.2) is 5.78 Å². The fourth-order valence-corrected chi connectivity index (χ4v) is 3.87. The molecule has 0 spiro atoms. The summed E-state index contributed by atoms with van der Waals surface area (Å²) < 4.78 is 39.9. The van der Waals surface area contributed by atoms with Gasteiger partial charge in [0.25, 0.3) is 0 Å². The quantitative estimate of drug-likeness (QED) is 0.363. The number of rotatable bonds is 9. The van der Waals surface area contributed by atoms with E-state index < -0.39 is 17.2 Å². The molecule has 0 radical (unpaired) electrons. The Hall–Kier alpha value is -3.53. The molecule has 0 aliphatic heterocycles. The second kappa shape index (κ2) is 10.2. The highest BCUT2D eigenvalue weighted by Crippen LogP contribution is 2.49. The molecule has 7 nitrogen and oxygen atoms in total. The van der Waals surface area contributed by atoms with Crippen molar-refractivity contribution in [3.63, 3.8) is 0 Å². The highest BCUT2D eigenvalue weighted by Gasteiger charge is 2.51. The van der Waals surface area contributed by atoms with Crippen molar-refractivity contribution in [1.29, 1.82) is 0 Å². The number of ketones is 1. The molecule has 1 aliphatic rings. The molecule has 0 unspecified atom stereocenters. The van der Waals surface area contributed by atoms with Crippen molar-refractivity contribution < 1.29 is 22.8 Å². The van der Waals surface area contributed by atoms with Crippen LogP contribution < -0.4 is 10.6 Å². The zero-order valence-corrected chi connectivity index (χ0v) is 20.1. The minimum absolute atomic E-state index is 0.0186. The van der Waals surface area contributed by atoms with Gasteiger partial charge in [-0.3, -0.25) is 14.6 Å². The summed E-state index contributed by atoms with van der Waals surface area (Å²) in [6, 6.07) is 6.64. The number of hydrogen-bond donors (Lipinski definition) is 2. The van der Waals surface area contributed by atoms with E-state index in [0.29, 0.717) is 42.0 Å². The van der Waals surface area contributed by atoms with Crippen molar-refractivity contribution in [2.45, 2.75) is 45.3 Å². The number of pyridine rings is 1. The maximum Gasteiger partial charge on any atom is 0.418 e. The van der Waals surface area contributed by atoms with Gasteiger partial charge in [0.1, 0.15) is 5.82 Å². The minimum Gasteiger partial charge on any atom is -0.354 e. The van der Waals surface area contributed by atoms with E-state index >= 15 is 0 Å². The molecule has 3 aromatic rings. The standard InChI is InChI=1S/C25H23ClF3N5O2/c1-2-22-31-11-15(12-32-22)21(35)10-24(7-8-24)23(36)33-13-17-4-5-18(14-30-17)34-20-6-3-16(26)9-19(20)25(27,28)29/h3-6,9,11-12,14,34H,2,7-8,10,13H2,1H3,(H,33,36). The Bertz CT molecular complexity index is 1260. The Labute approximate surface area is 210 Å². The summed E-state index contributed by atoms with van der Waals surface area (Å²) >= 11 is 5.71. The van der Waals surface area contributed by atoms with Crippen molar-refractivity contribution in [1.82, 2.24) is 20.3 Å². The van der Waals surface area contributed by atoms with Crippen LogP contribution in [-0.4, -0.2) is 26.6 Å². The smallest absolute Gasteiger partial charge is 0.354 e. The average molecular weight is 518 g/mol. The molecule has 1 aromatic carbocycles. The molecule has 2 heterocycles. The molecule has 1 fully saturated rings. The van der Waals surface area contributed by atoms with E-state index in [1.165, 1.54) is 30.7 Å². The first-order chi connectivity index (χ1) is 17.1.